The monoisotopic (exact) mass is 381 g/mol. The summed E-state index contributed by atoms with van der Waals surface area (Å²) in [6.45, 7) is 2.11. The maximum absolute atomic E-state index is 11.8. The third kappa shape index (κ3) is 4.52. The van der Waals surface area contributed by atoms with Crippen molar-refractivity contribution in [2.24, 2.45) is 0 Å². The Morgan fingerprint density at radius 1 is 1.20 bits per heavy atom. The van der Waals surface area contributed by atoms with Crippen molar-refractivity contribution in [3.63, 3.8) is 0 Å². The Balaban J connectivity index is 1.85. The van der Waals surface area contributed by atoms with E-state index in [1.807, 2.05) is 48.5 Å². The van der Waals surface area contributed by atoms with Crippen LogP contribution in [0, 0.1) is 3.57 Å². The molecule has 0 unspecified atom stereocenters. The van der Waals surface area contributed by atoms with Crippen LogP contribution in [-0.4, -0.2) is 12.5 Å². The molecule has 2 aromatic carbocycles. The van der Waals surface area contributed by atoms with Gasteiger partial charge in [-0.25, -0.2) is 0 Å². The smallest absolute Gasteiger partial charge is 0.262 e. The first-order chi connectivity index (χ1) is 9.67. The number of carbonyl (C=O) groups excluding carboxylic acids is 1. The number of rotatable bonds is 5. The zero-order valence-electron chi connectivity index (χ0n) is 11.2. The van der Waals surface area contributed by atoms with Crippen molar-refractivity contribution < 1.29 is 9.53 Å². The molecule has 0 aliphatic rings. The molecule has 0 spiro atoms. The first kappa shape index (κ1) is 14.8. The number of nitrogens with one attached hydrogen (secondary N) is 1. The summed E-state index contributed by atoms with van der Waals surface area (Å²) in [6.07, 6.45) is 0.990. The van der Waals surface area contributed by atoms with Crippen LogP contribution in [-0.2, 0) is 11.2 Å². The fourth-order valence-electron chi connectivity index (χ4n) is 1.73. The first-order valence-electron chi connectivity index (χ1n) is 6.44. The van der Waals surface area contributed by atoms with Gasteiger partial charge >= 0.3 is 0 Å². The van der Waals surface area contributed by atoms with Crippen molar-refractivity contribution in [3.8, 4) is 5.75 Å². The molecule has 0 aliphatic heterocycles. The molecule has 0 saturated heterocycles. The number of aryl methyl sites for hydroxylation is 1. The second-order valence-corrected chi connectivity index (χ2v) is 5.59. The summed E-state index contributed by atoms with van der Waals surface area (Å²) < 4.78 is 6.53. The van der Waals surface area contributed by atoms with Gasteiger partial charge in [-0.2, -0.15) is 0 Å². The second-order valence-electron chi connectivity index (χ2n) is 4.34. The minimum absolute atomic E-state index is 0.00955. The topological polar surface area (TPSA) is 38.3 Å². The van der Waals surface area contributed by atoms with Crippen molar-refractivity contribution >= 4 is 34.2 Å². The molecule has 2 rings (SSSR count). The molecule has 0 aliphatic carbocycles. The molecule has 0 bridgehead atoms. The predicted molar refractivity (Wildman–Crippen MR) is 89.1 cm³/mol. The van der Waals surface area contributed by atoms with E-state index in [4.69, 9.17) is 4.74 Å². The minimum Gasteiger partial charge on any atom is -0.484 e. The minimum atomic E-state index is -0.159. The van der Waals surface area contributed by atoms with Crippen molar-refractivity contribution in [1.29, 1.82) is 0 Å². The summed E-state index contributed by atoms with van der Waals surface area (Å²) in [7, 11) is 0. The number of ether oxygens (including phenoxy) is 1. The van der Waals surface area contributed by atoms with Gasteiger partial charge in [-0.1, -0.05) is 25.1 Å². The Kier molecular flexibility index (Phi) is 5.40. The van der Waals surface area contributed by atoms with E-state index in [0.717, 1.165) is 15.7 Å². The summed E-state index contributed by atoms with van der Waals surface area (Å²) in [5, 5.41) is 2.81. The second kappa shape index (κ2) is 7.28. The van der Waals surface area contributed by atoms with E-state index in [2.05, 4.69) is 34.8 Å². The highest BCUT2D eigenvalue weighted by atomic mass is 127. The fraction of sp³-hybridized carbons (Fsp3) is 0.188. The van der Waals surface area contributed by atoms with Gasteiger partial charge in [0.05, 0.1) is 0 Å². The normalized spacial score (nSPS) is 10.1. The van der Waals surface area contributed by atoms with Crippen LogP contribution in [0.2, 0.25) is 0 Å². The maximum Gasteiger partial charge on any atom is 0.262 e. The Morgan fingerprint density at radius 2 is 1.95 bits per heavy atom. The zero-order valence-corrected chi connectivity index (χ0v) is 13.4. The Hall–Kier alpha value is -1.56. The lowest BCUT2D eigenvalue weighted by atomic mass is 10.1. The van der Waals surface area contributed by atoms with Crippen LogP contribution in [0.4, 0.5) is 5.69 Å². The number of amides is 1. The summed E-state index contributed by atoms with van der Waals surface area (Å²) in [6, 6.07) is 15.4. The molecule has 0 fully saturated rings. The molecule has 104 valence electrons. The SMILES string of the molecule is CCc1ccc(NC(=O)COc2cccc(I)c2)cc1. The van der Waals surface area contributed by atoms with E-state index in [1.165, 1.54) is 5.56 Å². The van der Waals surface area contributed by atoms with E-state index in [1.54, 1.807) is 0 Å². The largest absolute Gasteiger partial charge is 0.484 e. The van der Waals surface area contributed by atoms with Crippen molar-refractivity contribution in [2.45, 2.75) is 13.3 Å². The molecule has 2 aromatic rings. The molecule has 1 amide bonds. The van der Waals surface area contributed by atoms with Crippen LogP contribution in [0.1, 0.15) is 12.5 Å². The summed E-state index contributed by atoms with van der Waals surface area (Å²) >= 11 is 2.21. The highest BCUT2D eigenvalue weighted by molar-refractivity contribution is 14.1. The third-order valence-corrected chi connectivity index (χ3v) is 3.48. The number of benzene rings is 2. The van der Waals surface area contributed by atoms with Crippen molar-refractivity contribution in [3.05, 3.63) is 57.7 Å². The zero-order chi connectivity index (χ0) is 14.4. The standard InChI is InChI=1S/C16H16INO2/c1-2-12-6-8-14(9-7-12)18-16(19)11-20-15-5-3-4-13(17)10-15/h3-10H,2,11H2,1H3,(H,18,19). The third-order valence-electron chi connectivity index (χ3n) is 2.81. The van der Waals surface area contributed by atoms with Gasteiger partial charge < -0.3 is 10.1 Å². The average molecular weight is 381 g/mol. The lowest BCUT2D eigenvalue weighted by Crippen LogP contribution is -2.20. The van der Waals surface area contributed by atoms with Gasteiger partial charge in [-0.15, -0.1) is 0 Å². The molecular weight excluding hydrogens is 365 g/mol. The van der Waals surface area contributed by atoms with Gasteiger partial charge in [-0.3, -0.25) is 4.79 Å². The van der Waals surface area contributed by atoms with Gasteiger partial charge in [0.25, 0.3) is 5.91 Å². The quantitative estimate of drug-likeness (QED) is 0.799. The number of anilines is 1. The lowest BCUT2D eigenvalue weighted by molar-refractivity contribution is -0.118. The van der Waals surface area contributed by atoms with Crippen LogP contribution in [0.5, 0.6) is 5.75 Å². The Morgan fingerprint density at radius 3 is 2.60 bits per heavy atom. The Bertz CT molecular complexity index is 581. The summed E-state index contributed by atoms with van der Waals surface area (Å²) in [4.78, 5) is 11.8. The van der Waals surface area contributed by atoms with Gasteiger partial charge in [0.15, 0.2) is 6.61 Å². The van der Waals surface area contributed by atoms with Crippen LogP contribution in [0.25, 0.3) is 0 Å². The van der Waals surface area contributed by atoms with Crippen molar-refractivity contribution in [1.82, 2.24) is 0 Å². The Labute approximate surface area is 132 Å². The van der Waals surface area contributed by atoms with Crippen LogP contribution in [0.15, 0.2) is 48.5 Å². The summed E-state index contributed by atoms with van der Waals surface area (Å²) in [5.74, 6) is 0.543. The van der Waals surface area contributed by atoms with E-state index in [-0.39, 0.29) is 12.5 Å². The first-order valence-corrected chi connectivity index (χ1v) is 7.52. The van der Waals surface area contributed by atoms with Gasteiger partial charge in [-0.05, 0) is 64.9 Å². The molecule has 3 nitrogen and oxygen atoms in total. The molecule has 4 heteroatoms. The van der Waals surface area contributed by atoms with Gasteiger partial charge in [0.2, 0.25) is 0 Å². The van der Waals surface area contributed by atoms with Crippen LogP contribution < -0.4 is 10.1 Å². The van der Waals surface area contributed by atoms with E-state index in [9.17, 15) is 4.79 Å². The van der Waals surface area contributed by atoms with Crippen LogP contribution >= 0.6 is 22.6 Å². The predicted octanol–water partition coefficient (Wildman–Crippen LogP) is 3.87. The molecule has 1 N–H and O–H groups in total. The molecular formula is C16H16INO2. The van der Waals surface area contributed by atoms with E-state index in [0.29, 0.717) is 5.75 Å². The average Bonchev–Trinajstić information content (AvgIpc) is 2.46. The maximum atomic E-state index is 11.8. The molecule has 0 aromatic heterocycles. The molecule has 0 heterocycles. The van der Waals surface area contributed by atoms with Gasteiger partial charge in [0, 0.05) is 9.26 Å². The molecule has 0 radical (unpaired) electrons. The number of hydrogen-bond donors (Lipinski definition) is 1. The highest BCUT2D eigenvalue weighted by Gasteiger charge is 2.04. The fourth-order valence-corrected chi connectivity index (χ4v) is 2.24. The highest BCUT2D eigenvalue weighted by Crippen LogP contribution is 2.15. The summed E-state index contributed by atoms with van der Waals surface area (Å²) in [5.41, 5.74) is 2.04. The van der Waals surface area contributed by atoms with E-state index < -0.39 is 0 Å². The molecule has 0 saturated carbocycles. The molecule has 0 atom stereocenters. The van der Waals surface area contributed by atoms with Crippen LogP contribution in [0.3, 0.4) is 0 Å². The number of hydrogen-bond acceptors (Lipinski definition) is 2. The molecule has 20 heavy (non-hydrogen) atoms. The number of carbonyl (C=O) groups is 1. The van der Waals surface area contributed by atoms with Gasteiger partial charge in [0.1, 0.15) is 5.75 Å². The number of halogens is 1. The van der Waals surface area contributed by atoms with E-state index >= 15 is 0 Å². The van der Waals surface area contributed by atoms with Crippen molar-refractivity contribution in [2.75, 3.05) is 11.9 Å². The lowest BCUT2D eigenvalue weighted by Gasteiger charge is -2.08.